The number of hydrogen-bond donors (Lipinski definition) is 3. The molecular weight excluding hydrogens is 369 g/mol. The maximum atomic E-state index is 12.1. The molecule has 1 heterocycles. The molecule has 9 heteroatoms. The molecule has 1 aliphatic rings. The quantitative estimate of drug-likeness (QED) is 0.722. The lowest BCUT2D eigenvalue weighted by atomic mass is 9.99. The molecule has 0 saturated carbocycles. The van der Waals surface area contributed by atoms with E-state index in [1.165, 1.54) is 4.90 Å². The van der Waals surface area contributed by atoms with Crippen molar-refractivity contribution in [2.45, 2.75) is 19.3 Å². The number of carbonyl (C=O) groups is 3. The second-order valence-electron chi connectivity index (χ2n) is 5.81. The summed E-state index contributed by atoms with van der Waals surface area (Å²) in [5.74, 6) is -1.71. The van der Waals surface area contributed by atoms with E-state index in [1.54, 1.807) is 18.2 Å². The average Bonchev–Trinajstić information content (AvgIpc) is 2.53. The first-order chi connectivity index (χ1) is 11.8. The zero-order chi connectivity index (χ0) is 18.4. The number of carbonyl (C=O) groups excluding carboxylic acids is 2. The summed E-state index contributed by atoms with van der Waals surface area (Å²) in [6.45, 7) is 0.852. The Morgan fingerprint density at radius 2 is 1.88 bits per heavy atom. The molecule has 1 fully saturated rings. The van der Waals surface area contributed by atoms with Crippen LogP contribution in [0.4, 0.5) is 10.5 Å². The number of amides is 3. The van der Waals surface area contributed by atoms with Gasteiger partial charge in [0, 0.05) is 41.8 Å². The minimum absolute atomic E-state index is 0.0755. The Kier molecular flexibility index (Phi) is 6.90. The highest BCUT2D eigenvalue weighted by atomic mass is 35.5. The van der Waals surface area contributed by atoms with E-state index in [2.05, 4.69) is 10.6 Å². The predicted octanol–water partition coefficient (Wildman–Crippen LogP) is 2.83. The van der Waals surface area contributed by atoms with Gasteiger partial charge in [-0.2, -0.15) is 0 Å². The summed E-state index contributed by atoms with van der Waals surface area (Å²) >= 11 is 11.7. The maximum absolute atomic E-state index is 12.1. The number of piperidine rings is 1. The largest absolute Gasteiger partial charge is 0.481 e. The molecule has 1 saturated heterocycles. The van der Waals surface area contributed by atoms with Gasteiger partial charge in [0.25, 0.3) is 0 Å². The number of urea groups is 1. The van der Waals surface area contributed by atoms with E-state index < -0.39 is 11.9 Å². The van der Waals surface area contributed by atoms with Crippen LogP contribution in [0.1, 0.15) is 19.3 Å². The smallest absolute Gasteiger partial charge is 0.317 e. The molecule has 25 heavy (non-hydrogen) atoms. The standard InChI is InChI=1S/C16H19Cl2N3O4/c17-11-6-12(18)8-13(7-11)20-14(22)3-4-19-16(25)21-5-1-2-10(9-21)15(23)24/h6-8,10H,1-5,9H2,(H,19,25)(H,20,22)(H,23,24). The molecule has 1 unspecified atom stereocenters. The van der Waals surface area contributed by atoms with Crippen LogP contribution < -0.4 is 10.6 Å². The number of aliphatic carboxylic acids is 1. The molecule has 0 radical (unpaired) electrons. The lowest BCUT2D eigenvalue weighted by Crippen LogP contribution is -2.47. The highest BCUT2D eigenvalue weighted by molar-refractivity contribution is 6.35. The summed E-state index contributed by atoms with van der Waals surface area (Å²) in [5, 5.41) is 15.1. The van der Waals surface area contributed by atoms with Crippen molar-refractivity contribution in [1.29, 1.82) is 0 Å². The van der Waals surface area contributed by atoms with E-state index in [1.807, 2.05) is 0 Å². The van der Waals surface area contributed by atoms with Crippen molar-refractivity contribution in [3.8, 4) is 0 Å². The minimum Gasteiger partial charge on any atom is -0.481 e. The number of nitrogens with one attached hydrogen (secondary N) is 2. The topological polar surface area (TPSA) is 98.7 Å². The SMILES string of the molecule is O=C(CCNC(=O)N1CCCC(C(=O)O)C1)Nc1cc(Cl)cc(Cl)c1. The number of carboxylic acid groups (broad SMARTS) is 1. The number of nitrogens with zero attached hydrogens (tertiary/aromatic N) is 1. The Hall–Kier alpha value is -1.99. The molecule has 1 atom stereocenters. The van der Waals surface area contributed by atoms with E-state index in [4.69, 9.17) is 28.3 Å². The number of hydrogen-bond acceptors (Lipinski definition) is 3. The first kappa shape index (κ1) is 19.3. The molecule has 0 aliphatic carbocycles. The Morgan fingerprint density at radius 3 is 2.52 bits per heavy atom. The average molecular weight is 388 g/mol. The van der Waals surface area contributed by atoms with Gasteiger partial charge >= 0.3 is 12.0 Å². The van der Waals surface area contributed by atoms with Gasteiger partial charge in [-0.3, -0.25) is 9.59 Å². The zero-order valence-electron chi connectivity index (χ0n) is 13.4. The van der Waals surface area contributed by atoms with Gasteiger partial charge < -0.3 is 20.6 Å². The number of anilines is 1. The van der Waals surface area contributed by atoms with Crippen LogP contribution in [0.15, 0.2) is 18.2 Å². The van der Waals surface area contributed by atoms with Crippen LogP contribution in [0.3, 0.4) is 0 Å². The van der Waals surface area contributed by atoms with Gasteiger partial charge in [0.1, 0.15) is 0 Å². The fourth-order valence-electron chi connectivity index (χ4n) is 2.61. The highest BCUT2D eigenvalue weighted by Crippen LogP contribution is 2.22. The van der Waals surface area contributed by atoms with E-state index in [0.717, 1.165) is 0 Å². The molecule has 136 valence electrons. The van der Waals surface area contributed by atoms with Gasteiger partial charge in [0.05, 0.1) is 5.92 Å². The third-order valence-corrected chi connectivity index (χ3v) is 4.27. The molecule has 3 N–H and O–H groups in total. The minimum atomic E-state index is -0.892. The molecule has 2 rings (SSSR count). The fourth-order valence-corrected chi connectivity index (χ4v) is 3.13. The predicted molar refractivity (Wildman–Crippen MR) is 95.0 cm³/mol. The molecule has 1 aromatic carbocycles. The number of rotatable bonds is 5. The van der Waals surface area contributed by atoms with Crippen LogP contribution in [-0.2, 0) is 9.59 Å². The van der Waals surface area contributed by atoms with Crippen molar-refractivity contribution in [2.75, 3.05) is 25.0 Å². The van der Waals surface area contributed by atoms with Crippen LogP contribution in [0.2, 0.25) is 10.0 Å². The molecule has 3 amide bonds. The summed E-state index contributed by atoms with van der Waals surface area (Å²) in [7, 11) is 0. The molecule has 0 aromatic heterocycles. The first-order valence-electron chi connectivity index (χ1n) is 7.86. The van der Waals surface area contributed by atoms with Gasteiger partial charge in [-0.05, 0) is 31.0 Å². The number of halogens is 2. The van der Waals surface area contributed by atoms with Gasteiger partial charge in [-0.15, -0.1) is 0 Å². The number of carboxylic acids is 1. The summed E-state index contributed by atoms with van der Waals surface area (Å²) in [5.41, 5.74) is 0.481. The third kappa shape index (κ3) is 6.10. The van der Waals surface area contributed by atoms with Crippen LogP contribution in [-0.4, -0.2) is 47.5 Å². The summed E-state index contributed by atoms with van der Waals surface area (Å²) in [6, 6.07) is 4.35. The van der Waals surface area contributed by atoms with E-state index in [9.17, 15) is 14.4 Å². The Balaban J connectivity index is 1.75. The van der Waals surface area contributed by atoms with Crippen molar-refractivity contribution in [3.05, 3.63) is 28.2 Å². The lowest BCUT2D eigenvalue weighted by Gasteiger charge is -2.30. The van der Waals surface area contributed by atoms with E-state index in [-0.39, 0.29) is 31.4 Å². The number of benzene rings is 1. The Bertz CT molecular complexity index is 649. The van der Waals surface area contributed by atoms with Crippen molar-refractivity contribution >= 4 is 46.8 Å². The van der Waals surface area contributed by atoms with Crippen LogP contribution in [0, 0.1) is 5.92 Å². The Labute approximate surface area is 155 Å². The van der Waals surface area contributed by atoms with Crippen molar-refractivity contribution in [2.24, 2.45) is 5.92 Å². The van der Waals surface area contributed by atoms with Crippen LogP contribution in [0.5, 0.6) is 0 Å². The van der Waals surface area contributed by atoms with Gasteiger partial charge in [0.2, 0.25) is 5.91 Å². The van der Waals surface area contributed by atoms with Gasteiger partial charge in [0.15, 0.2) is 0 Å². The van der Waals surface area contributed by atoms with Gasteiger partial charge in [-0.1, -0.05) is 23.2 Å². The van der Waals surface area contributed by atoms with Crippen molar-refractivity contribution < 1.29 is 19.5 Å². The maximum Gasteiger partial charge on any atom is 0.317 e. The molecule has 0 bridgehead atoms. The first-order valence-corrected chi connectivity index (χ1v) is 8.62. The van der Waals surface area contributed by atoms with Crippen molar-refractivity contribution in [3.63, 3.8) is 0 Å². The third-order valence-electron chi connectivity index (χ3n) is 3.83. The number of likely N-dealkylation sites (tertiary alicyclic amines) is 1. The monoisotopic (exact) mass is 387 g/mol. The lowest BCUT2D eigenvalue weighted by molar-refractivity contribution is -0.143. The summed E-state index contributed by atoms with van der Waals surface area (Å²) in [4.78, 5) is 36.4. The highest BCUT2D eigenvalue weighted by Gasteiger charge is 2.27. The second-order valence-corrected chi connectivity index (χ2v) is 6.68. The second kappa shape index (κ2) is 8.92. The Morgan fingerprint density at radius 1 is 1.20 bits per heavy atom. The van der Waals surface area contributed by atoms with Crippen LogP contribution >= 0.6 is 23.2 Å². The molecular formula is C16H19Cl2N3O4. The molecule has 0 spiro atoms. The van der Waals surface area contributed by atoms with Gasteiger partial charge in [-0.25, -0.2) is 4.79 Å². The fraction of sp³-hybridized carbons (Fsp3) is 0.438. The molecule has 1 aromatic rings. The van der Waals surface area contributed by atoms with E-state index in [0.29, 0.717) is 35.1 Å². The molecule has 7 nitrogen and oxygen atoms in total. The van der Waals surface area contributed by atoms with Crippen molar-refractivity contribution in [1.82, 2.24) is 10.2 Å². The summed E-state index contributed by atoms with van der Waals surface area (Å²) < 4.78 is 0. The van der Waals surface area contributed by atoms with Crippen LogP contribution in [0.25, 0.3) is 0 Å². The van der Waals surface area contributed by atoms with E-state index >= 15 is 0 Å². The molecule has 1 aliphatic heterocycles. The summed E-state index contributed by atoms with van der Waals surface area (Å²) in [6.07, 6.45) is 1.30. The zero-order valence-corrected chi connectivity index (χ0v) is 14.9. The normalized spacial score (nSPS) is 17.0.